The van der Waals surface area contributed by atoms with Crippen LogP contribution < -0.4 is 5.32 Å². The SMILES string of the molecule is Cc1noc(-c2ccc(NCC3CCCN3CC3CCCCC3)nc2)n1. The molecule has 2 aromatic rings. The second-order valence-electron chi connectivity index (χ2n) is 7.75. The number of hydrogen-bond donors (Lipinski definition) is 1. The number of nitrogens with zero attached hydrogens (tertiary/aromatic N) is 4. The van der Waals surface area contributed by atoms with E-state index in [-0.39, 0.29) is 0 Å². The van der Waals surface area contributed by atoms with Crippen molar-refractivity contribution in [2.45, 2.75) is 57.9 Å². The molecule has 0 aromatic carbocycles. The molecular weight excluding hydrogens is 326 g/mol. The van der Waals surface area contributed by atoms with Gasteiger partial charge in [0.15, 0.2) is 5.82 Å². The Bertz CT molecular complexity index is 692. The summed E-state index contributed by atoms with van der Waals surface area (Å²) in [4.78, 5) is 11.5. The quantitative estimate of drug-likeness (QED) is 0.848. The van der Waals surface area contributed by atoms with Crippen molar-refractivity contribution in [3.63, 3.8) is 0 Å². The van der Waals surface area contributed by atoms with Gasteiger partial charge >= 0.3 is 0 Å². The lowest BCUT2D eigenvalue weighted by atomic mass is 9.89. The van der Waals surface area contributed by atoms with Crippen LogP contribution in [0.2, 0.25) is 0 Å². The fraction of sp³-hybridized carbons (Fsp3) is 0.650. The first-order chi connectivity index (χ1) is 12.8. The zero-order valence-corrected chi connectivity index (χ0v) is 15.7. The Kier molecular flexibility index (Phi) is 5.48. The third-order valence-electron chi connectivity index (χ3n) is 5.77. The van der Waals surface area contributed by atoms with E-state index in [9.17, 15) is 0 Å². The first-order valence-corrected chi connectivity index (χ1v) is 10.0. The van der Waals surface area contributed by atoms with Crippen LogP contribution >= 0.6 is 0 Å². The van der Waals surface area contributed by atoms with Crippen LogP contribution in [0.3, 0.4) is 0 Å². The van der Waals surface area contributed by atoms with Gasteiger partial charge in [-0.2, -0.15) is 4.98 Å². The smallest absolute Gasteiger partial charge is 0.259 e. The van der Waals surface area contributed by atoms with Gasteiger partial charge < -0.3 is 9.84 Å². The summed E-state index contributed by atoms with van der Waals surface area (Å²) in [6.07, 6.45) is 11.6. The first kappa shape index (κ1) is 17.5. The lowest BCUT2D eigenvalue weighted by Crippen LogP contribution is -2.38. The number of pyridine rings is 1. The minimum absolute atomic E-state index is 0.524. The van der Waals surface area contributed by atoms with Crippen LogP contribution in [-0.4, -0.2) is 45.7 Å². The second-order valence-corrected chi connectivity index (χ2v) is 7.75. The summed E-state index contributed by atoms with van der Waals surface area (Å²) in [5.74, 6) is 2.99. The normalized spacial score (nSPS) is 22.0. The van der Waals surface area contributed by atoms with Crippen LogP contribution in [0.15, 0.2) is 22.9 Å². The largest absolute Gasteiger partial charge is 0.369 e. The van der Waals surface area contributed by atoms with E-state index in [1.165, 1.54) is 58.0 Å². The van der Waals surface area contributed by atoms with Crippen LogP contribution in [-0.2, 0) is 0 Å². The zero-order valence-electron chi connectivity index (χ0n) is 15.7. The molecule has 0 bridgehead atoms. The van der Waals surface area contributed by atoms with Crippen LogP contribution in [0, 0.1) is 12.8 Å². The summed E-state index contributed by atoms with van der Waals surface area (Å²) in [6.45, 7) is 5.33. The number of nitrogens with one attached hydrogen (secondary N) is 1. The topological polar surface area (TPSA) is 67.1 Å². The van der Waals surface area contributed by atoms with E-state index in [2.05, 4.69) is 25.3 Å². The van der Waals surface area contributed by atoms with Gasteiger partial charge in [0.05, 0.1) is 5.56 Å². The van der Waals surface area contributed by atoms with Gasteiger partial charge in [-0.3, -0.25) is 4.90 Å². The van der Waals surface area contributed by atoms with Crippen molar-refractivity contribution in [2.24, 2.45) is 5.92 Å². The molecule has 0 amide bonds. The molecule has 1 N–H and O–H groups in total. The highest BCUT2D eigenvalue weighted by molar-refractivity contribution is 5.54. The minimum atomic E-state index is 0.524. The first-order valence-electron chi connectivity index (χ1n) is 10.0. The molecule has 2 fully saturated rings. The molecule has 1 aliphatic heterocycles. The number of anilines is 1. The lowest BCUT2D eigenvalue weighted by molar-refractivity contribution is 0.193. The number of hydrogen-bond acceptors (Lipinski definition) is 6. The molecule has 1 saturated heterocycles. The zero-order chi connectivity index (χ0) is 17.8. The number of likely N-dealkylation sites (tertiary alicyclic amines) is 1. The average molecular weight is 355 g/mol. The molecule has 0 spiro atoms. The van der Waals surface area contributed by atoms with Gasteiger partial charge in [0.25, 0.3) is 5.89 Å². The fourth-order valence-corrected chi connectivity index (χ4v) is 4.33. The Labute approximate surface area is 155 Å². The number of aryl methyl sites for hydroxylation is 1. The monoisotopic (exact) mass is 355 g/mol. The summed E-state index contributed by atoms with van der Waals surface area (Å²) >= 11 is 0. The van der Waals surface area contributed by atoms with E-state index < -0.39 is 0 Å². The average Bonchev–Trinajstić information content (AvgIpc) is 3.30. The van der Waals surface area contributed by atoms with Gasteiger partial charge in [0.1, 0.15) is 5.82 Å². The van der Waals surface area contributed by atoms with Crippen molar-refractivity contribution in [3.8, 4) is 11.5 Å². The third-order valence-corrected chi connectivity index (χ3v) is 5.77. The highest BCUT2D eigenvalue weighted by Gasteiger charge is 2.27. The standard InChI is InChI=1S/C20H29N5O/c1-15-23-20(26-24-15)17-9-10-19(21-12-17)22-13-18-8-5-11-25(18)14-16-6-3-2-4-7-16/h9-10,12,16,18H,2-8,11,13-14H2,1H3,(H,21,22). The van der Waals surface area contributed by atoms with Gasteiger partial charge in [0.2, 0.25) is 0 Å². The van der Waals surface area contributed by atoms with Gasteiger partial charge in [-0.05, 0) is 57.2 Å². The van der Waals surface area contributed by atoms with Gasteiger partial charge in [-0.25, -0.2) is 4.98 Å². The second kappa shape index (κ2) is 8.16. The molecule has 2 aromatic heterocycles. The summed E-state index contributed by atoms with van der Waals surface area (Å²) in [5, 5.41) is 7.34. The molecule has 6 heteroatoms. The molecule has 140 valence electrons. The molecule has 2 aliphatic rings. The molecule has 1 atom stereocenters. The molecule has 1 aliphatic carbocycles. The number of aromatic nitrogens is 3. The highest BCUT2D eigenvalue weighted by Crippen LogP contribution is 2.27. The molecule has 6 nitrogen and oxygen atoms in total. The maximum absolute atomic E-state index is 5.19. The molecule has 1 unspecified atom stereocenters. The third kappa shape index (κ3) is 4.23. The molecule has 1 saturated carbocycles. The maximum Gasteiger partial charge on any atom is 0.259 e. The van der Waals surface area contributed by atoms with Crippen LogP contribution in [0.25, 0.3) is 11.5 Å². The Morgan fingerprint density at radius 3 is 2.77 bits per heavy atom. The summed E-state index contributed by atoms with van der Waals surface area (Å²) in [6, 6.07) is 4.61. The molecule has 3 heterocycles. The maximum atomic E-state index is 5.19. The van der Waals surface area contributed by atoms with Crippen LogP contribution in [0.1, 0.15) is 50.8 Å². The Hall–Kier alpha value is -1.95. The van der Waals surface area contributed by atoms with Crippen molar-refractivity contribution in [1.82, 2.24) is 20.0 Å². The summed E-state index contributed by atoms with van der Waals surface area (Å²) in [7, 11) is 0. The van der Waals surface area contributed by atoms with E-state index in [0.29, 0.717) is 17.8 Å². The van der Waals surface area contributed by atoms with Crippen molar-refractivity contribution in [1.29, 1.82) is 0 Å². The lowest BCUT2D eigenvalue weighted by Gasteiger charge is -2.31. The predicted octanol–water partition coefficient (Wildman–Crippen LogP) is 3.90. The Balaban J connectivity index is 1.30. The van der Waals surface area contributed by atoms with E-state index in [1.807, 2.05) is 19.1 Å². The fourth-order valence-electron chi connectivity index (χ4n) is 4.33. The highest BCUT2D eigenvalue weighted by atomic mass is 16.5. The minimum Gasteiger partial charge on any atom is -0.369 e. The van der Waals surface area contributed by atoms with Gasteiger partial charge in [-0.1, -0.05) is 24.4 Å². The summed E-state index contributed by atoms with van der Waals surface area (Å²) < 4.78 is 5.19. The van der Waals surface area contributed by atoms with Crippen molar-refractivity contribution in [2.75, 3.05) is 25.0 Å². The molecular formula is C20H29N5O. The van der Waals surface area contributed by atoms with Gasteiger partial charge in [-0.15, -0.1) is 0 Å². The van der Waals surface area contributed by atoms with Gasteiger partial charge in [0, 0.05) is 25.3 Å². The molecule has 0 radical (unpaired) electrons. The van der Waals surface area contributed by atoms with E-state index in [0.717, 1.165) is 23.8 Å². The van der Waals surface area contributed by atoms with Crippen molar-refractivity contribution < 1.29 is 4.52 Å². The van der Waals surface area contributed by atoms with E-state index >= 15 is 0 Å². The van der Waals surface area contributed by atoms with E-state index in [4.69, 9.17) is 4.52 Å². The van der Waals surface area contributed by atoms with Crippen molar-refractivity contribution >= 4 is 5.82 Å². The number of rotatable bonds is 6. The van der Waals surface area contributed by atoms with E-state index in [1.54, 1.807) is 6.20 Å². The Morgan fingerprint density at radius 1 is 1.15 bits per heavy atom. The van der Waals surface area contributed by atoms with Crippen LogP contribution in [0.4, 0.5) is 5.82 Å². The van der Waals surface area contributed by atoms with Crippen LogP contribution in [0.5, 0.6) is 0 Å². The van der Waals surface area contributed by atoms with Crippen molar-refractivity contribution in [3.05, 3.63) is 24.2 Å². The predicted molar refractivity (Wildman–Crippen MR) is 102 cm³/mol. The molecule has 26 heavy (non-hydrogen) atoms. The molecule has 4 rings (SSSR count). The summed E-state index contributed by atoms with van der Waals surface area (Å²) in [5.41, 5.74) is 0.857. The Morgan fingerprint density at radius 2 is 2.04 bits per heavy atom.